The molecule has 1 fully saturated rings. The Kier molecular flexibility index (Phi) is 4.43. The second-order valence-corrected chi connectivity index (χ2v) is 6.73. The lowest BCUT2D eigenvalue weighted by atomic mass is 10.1. The van der Waals surface area contributed by atoms with Gasteiger partial charge >= 0.3 is 0 Å². The molecule has 0 radical (unpaired) electrons. The lowest BCUT2D eigenvalue weighted by Crippen LogP contribution is -2.29. The van der Waals surface area contributed by atoms with Crippen LogP contribution in [0, 0.1) is 12.8 Å². The second-order valence-electron chi connectivity index (χ2n) is 5.70. The van der Waals surface area contributed by atoms with Gasteiger partial charge in [-0.3, -0.25) is 9.59 Å². The Labute approximate surface area is 139 Å². The zero-order valence-electron chi connectivity index (χ0n) is 13.1. The Morgan fingerprint density at radius 3 is 2.52 bits per heavy atom. The van der Waals surface area contributed by atoms with Gasteiger partial charge in [0.2, 0.25) is 0 Å². The summed E-state index contributed by atoms with van der Waals surface area (Å²) < 4.78 is 0. The number of carbonyl (C=O) groups excluding carboxylic acids is 2. The number of hydrogen-bond acceptors (Lipinski definition) is 4. The van der Waals surface area contributed by atoms with Crippen molar-refractivity contribution in [1.29, 1.82) is 0 Å². The van der Waals surface area contributed by atoms with Crippen LogP contribution in [0.5, 0.6) is 0 Å². The largest absolute Gasteiger partial charge is 0.354 e. The Morgan fingerprint density at radius 1 is 1.22 bits per heavy atom. The van der Waals surface area contributed by atoms with Gasteiger partial charge in [-0.2, -0.15) is 0 Å². The van der Waals surface area contributed by atoms with Crippen LogP contribution < -0.4 is 10.6 Å². The summed E-state index contributed by atoms with van der Waals surface area (Å²) in [6.07, 6.45) is 2.15. The van der Waals surface area contributed by atoms with Gasteiger partial charge in [-0.05, 0) is 37.8 Å². The monoisotopic (exact) mass is 329 g/mol. The summed E-state index contributed by atoms with van der Waals surface area (Å²) >= 11 is 1.37. The van der Waals surface area contributed by atoms with E-state index in [1.807, 2.05) is 25.1 Å². The molecule has 23 heavy (non-hydrogen) atoms. The molecular formula is C17H19N3O2S. The van der Waals surface area contributed by atoms with Crippen molar-refractivity contribution in [2.75, 3.05) is 7.05 Å². The molecule has 5 nitrogen and oxygen atoms in total. The van der Waals surface area contributed by atoms with Gasteiger partial charge in [0.05, 0.1) is 11.7 Å². The van der Waals surface area contributed by atoms with Gasteiger partial charge in [0.1, 0.15) is 9.88 Å². The van der Waals surface area contributed by atoms with E-state index in [2.05, 4.69) is 15.6 Å². The average molecular weight is 329 g/mol. The summed E-state index contributed by atoms with van der Waals surface area (Å²) in [4.78, 5) is 29.4. The van der Waals surface area contributed by atoms with Crippen molar-refractivity contribution in [2.24, 2.45) is 5.92 Å². The van der Waals surface area contributed by atoms with Crippen molar-refractivity contribution in [3.05, 3.63) is 51.5 Å². The molecule has 3 rings (SSSR count). The first-order chi connectivity index (χ1) is 11.1. The molecule has 0 bridgehead atoms. The van der Waals surface area contributed by atoms with Crippen LogP contribution in [0.4, 0.5) is 0 Å². The minimum absolute atomic E-state index is 0.100. The van der Waals surface area contributed by atoms with E-state index in [0.717, 1.165) is 17.8 Å². The lowest BCUT2D eigenvalue weighted by molar-refractivity contribution is 0.0929. The summed E-state index contributed by atoms with van der Waals surface area (Å²) in [5, 5.41) is 6.53. The molecule has 1 aromatic carbocycles. The molecule has 2 amide bonds. The number of rotatable bonds is 5. The molecule has 0 unspecified atom stereocenters. The van der Waals surface area contributed by atoms with E-state index in [-0.39, 0.29) is 17.9 Å². The Balaban J connectivity index is 1.83. The molecule has 1 heterocycles. The van der Waals surface area contributed by atoms with Crippen LogP contribution in [-0.2, 0) is 0 Å². The Bertz CT molecular complexity index is 723. The molecule has 0 saturated heterocycles. The van der Waals surface area contributed by atoms with Gasteiger partial charge in [0.25, 0.3) is 11.8 Å². The second kappa shape index (κ2) is 6.50. The number of benzene rings is 1. The molecule has 0 spiro atoms. The number of thiazole rings is 1. The van der Waals surface area contributed by atoms with Crippen LogP contribution in [-0.4, -0.2) is 23.8 Å². The van der Waals surface area contributed by atoms with Crippen molar-refractivity contribution < 1.29 is 9.59 Å². The standard InChI is InChI=1S/C17H19N3O2S/c1-10-14(16(22)18-2)23-17(19-10)13(11-8-9-11)20-15(21)12-6-4-3-5-7-12/h3-7,11,13H,8-9H2,1-2H3,(H,18,22)(H,20,21)/t13-/m1/s1. The summed E-state index contributed by atoms with van der Waals surface area (Å²) in [7, 11) is 1.61. The summed E-state index contributed by atoms with van der Waals surface area (Å²) in [5.74, 6) is 0.178. The fourth-order valence-electron chi connectivity index (χ4n) is 2.50. The zero-order chi connectivity index (χ0) is 16.4. The Hall–Kier alpha value is -2.21. The van der Waals surface area contributed by atoms with E-state index in [4.69, 9.17) is 0 Å². The number of amides is 2. The molecule has 2 aromatic rings. The SMILES string of the molecule is CNC(=O)c1sc([C@H](NC(=O)c2ccccc2)C2CC2)nc1C. The maximum atomic E-state index is 12.4. The number of hydrogen-bond donors (Lipinski definition) is 2. The topological polar surface area (TPSA) is 71.1 Å². The molecular weight excluding hydrogens is 310 g/mol. The first kappa shape index (κ1) is 15.7. The van der Waals surface area contributed by atoms with E-state index >= 15 is 0 Å². The average Bonchev–Trinajstić information content (AvgIpc) is 3.34. The first-order valence-electron chi connectivity index (χ1n) is 7.65. The maximum absolute atomic E-state index is 12.4. The van der Waals surface area contributed by atoms with Crippen molar-refractivity contribution in [2.45, 2.75) is 25.8 Å². The quantitative estimate of drug-likeness (QED) is 0.886. The third kappa shape index (κ3) is 3.42. The third-order valence-corrected chi connectivity index (χ3v) is 5.17. The summed E-state index contributed by atoms with van der Waals surface area (Å²) in [6.45, 7) is 1.83. The first-order valence-corrected chi connectivity index (χ1v) is 8.47. The molecule has 1 aromatic heterocycles. The van der Waals surface area contributed by atoms with E-state index < -0.39 is 0 Å². The van der Waals surface area contributed by atoms with Crippen LogP contribution in [0.15, 0.2) is 30.3 Å². The summed E-state index contributed by atoms with van der Waals surface area (Å²) in [6, 6.07) is 9.04. The number of aryl methyl sites for hydroxylation is 1. The highest BCUT2D eigenvalue weighted by Crippen LogP contribution is 2.42. The molecule has 0 aliphatic heterocycles. The highest BCUT2D eigenvalue weighted by Gasteiger charge is 2.36. The van der Waals surface area contributed by atoms with E-state index in [9.17, 15) is 9.59 Å². The molecule has 1 atom stereocenters. The van der Waals surface area contributed by atoms with E-state index in [0.29, 0.717) is 22.1 Å². The van der Waals surface area contributed by atoms with Crippen molar-refractivity contribution in [1.82, 2.24) is 15.6 Å². The molecule has 120 valence electrons. The molecule has 1 aliphatic carbocycles. The van der Waals surface area contributed by atoms with E-state index in [1.165, 1.54) is 11.3 Å². The van der Waals surface area contributed by atoms with Gasteiger partial charge in [0.15, 0.2) is 0 Å². The smallest absolute Gasteiger partial charge is 0.263 e. The number of carbonyl (C=O) groups is 2. The normalized spacial score (nSPS) is 15.0. The number of aromatic nitrogens is 1. The van der Waals surface area contributed by atoms with Crippen molar-refractivity contribution >= 4 is 23.2 Å². The van der Waals surface area contributed by atoms with Gasteiger partial charge in [-0.15, -0.1) is 11.3 Å². The third-order valence-electron chi connectivity index (χ3n) is 3.93. The maximum Gasteiger partial charge on any atom is 0.263 e. The predicted octanol–water partition coefficient (Wildman–Crippen LogP) is 2.69. The minimum atomic E-state index is -0.129. The van der Waals surface area contributed by atoms with Crippen molar-refractivity contribution in [3.63, 3.8) is 0 Å². The molecule has 6 heteroatoms. The highest BCUT2D eigenvalue weighted by molar-refractivity contribution is 7.13. The van der Waals surface area contributed by atoms with Gasteiger partial charge < -0.3 is 10.6 Å². The van der Waals surface area contributed by atoms with E-state index in [1.54, 1.807) is 19.2 Å². The van der Waals surface area contributed by atoms with Crippen LogP contribution in [0.1, 0.15) is 49.6 Å². The fourth-order valence-corrected chi connectivity index (χ4v) is 3.66. The van der Waals surface area contributed by atoms with Crippen LogP contribution in [0.3, 0.4) is 0 Å². The number of nitrogens with zero attached hydrogens (tertiary/aromatic N) is 1. The summed E-state index contributed by atoms with van der Waals surface area (Å²) in [5.41, 5.74) is 1.35. The van der Waals surface area contributed by atoms with Crippen LogP contribution in [0.2, 0.25) is 0 Å². The Morgan fingerprint density at radius 2 is 1.91 bits per heavy atom. The van der Waals surface area contributed by atoms with Gasteiger partial charge in [0, 0.05) is 12.6 Å². The van der Waals surface area contributed by atoms with Crippen LogP contribution >= 0.6 is 11.3 Å². The van der Waals surface area contributed by atoms with Crippen LogP contribution in [0.25, 0.3) is 0 Å². The minimum Gasteiger partial charge on any atom is -0.354 e. The number of nitrogens with one attached hydrogen (secondary N) is 2. The predicted molar refractivity (Wildman–Crippen MR) is 89.6 cm³/mol. The lowest BCUT2D eigenvalue weighted by Gasteiger charge is -2.15. The molecule has 2 N–H and O–H groups in total. The van der Waals surface area contributed by atoms with Gasteiger partial charge in [-0.25, -0.2) is 4.98 Å². The fraction of sp³-hybridized carbons (Fsp3) is 0.353. The van der Waals surface area contributed by atoms with Gasteiger partial charge in [-0.1, -0.05) is 18.2 Å². The zero-order valence-corrected chi connectivity index (χ0v) is 13.9. The molecule has 1 saturated carbocycles. The van der Waals surface area contributed by atoms with Crippen molar-refractivity contribution in [3.8, 4) is 0 Å². The highest BCUT2D eigenvalue weighted by atomic mass is 32.1. The molecule has 1 aliphatic rings.